The maximum atomic E-state index is 11.9. The van der Waals surface area contributed by atoms with Gasteiger partial charge in [-0.15, -0.1) is 11.3 Å². The number of nitrogens with zero attached hydrogens (tertiary/aromatic N) is 1. The molecule has 0 aliphatic rings. The molecule has 0 aliphatic carbocycles. The minimum absolute atomic E-state index is 0.213. The molecule has 2 heterocycles. The molecule has 0 saturated carbocycles. The summed E-state index contributed by atoms with van der Waals surface area (Å²) in [5.74, 6) is 0.913. The molecule has 6 nitrogen and oxygen atoms in total. The first-order valence-electron chi connectivity index (χ1n) is 11.1. The van der Waals surface area contributed by atoms with E-state index in [4.69, 9.17) is 21.4 Å². The first kappa shape index (κ1) is 19.5. The predicted octanol–water partition coefficient (Wildman–Crippen LogP) is 5.22. The molecule has 0 radical (unpaired) electrons. The maximum absolute atomic E-state index is 11.9. The van der Waals surface area contributed by atoms with Crippen LogP contribution in [0, 0.1) is 6.92 Å². The highest BCUT2D eigenvalue weighted by Gasteiger charge is 2.21. The van der Waals surface area contributed by atoms with Crippen molar-refractivity contribution in [3.63, 3.8) is 0 Å². The smallest absolute Gasteiger partial charge is 0.335 e. The van der Waals surface area contributed by atoms with Crippen molar-refractivity contribution in [1.29, 1.82) is 0 Å². The van der Waals surface area contributed by atoms with Gasteiger partial charge in [0.1, 0.15) is 11.5 Å². The van der Waals surface area contributed by atoms with Gasteiger partial charge in [-0.1, -0.05) is 24.3 Å². The average Bonchev–Trinajstić information content (AvgIpc) is 3.49. The second-order valence-corrected chi connectivity index (χ2v) is 8.01. The lowest BCUT2D eigenvalue weighted by Crippen LogP contribution is -2.26. The Morgan fingerprint density at radius 2 is 2.00 bits per heavy atom. The lowest BCUT2D eigenvalue weighted by Gasteiger charge is -2.14. The number of carbonyl (C=O) groups excluding carboxylic acids is 1. The zero-order chi connectivity index (χ0) is 24.3. The third-order valence-corrected chi connectivity index (χ3v) is 6.09. The lowest BCUT2D eigenvalue weighted by molar-refractivity contribution is -0.152. The maximum Gasteiger partial charge on any atom is 0.335 e. The van der Waals surface area contributed by atoms with Gasteiger partial charge in [-0.25, -0.2) is 9.78 Å². The zero-order valence-corrected chi connectivity index (χ0v) is 18.9. The Balaban J connectivity index is 1.54. The van der Waals surface area contributed by atoms with E-state index in [9.17, 15) is 4.79 Å². The van der Waals surface area contributed by atoms with Crippen molar-refractivity contribution in [2.24, 2.45) is 0 Å². The fraction of sp³-hybridized carbons (Fsp3) is 0.280. The fourth-order valence-electron chi connectivity index (χ4n) is 3.42. The van der Waals surface area contributed by atoms with Gasteiger partial charge in [-0.2, -0.15) is 0 Å². The van der Waals surface area contributed by atoms with Crippen molar-refractivity contribution < 1.29 is 26.2 Å². The molecule has 7 heteroatoms. The standard InChI is InChI=1S/C25H25NO5S/c1-16-20(26-24(31-16)17-7-5-4-6-8-17)11-13-30-21-10-9-18(23-19(21)12-14-32-23)15-22(28-2)25(27)29-3/h4-10,12,14,22H,11,13,15H2,1-3H3/i11D2. The van der Waals surface area contributed by atoms with Gasteiger partial charge in [0.05, 0.1) is 19.4 Å². The number of aromatic nitrogens is 1. The minimum Gasteiger partial charge on any atom is -0.493 e. The summed E-state index contributed by atoms with van der Waals surface area (Å²) >= 11 is 1.52. The normalized spacial score (nSPS) is 13.5. The van der Waals surface area contributed by atoms with Gasteiger partial charge in [-0.05, 0) is 42.1 Å². The van der Waals surface area contributed by atoms with Crippen LogP contribution in [0.5, 0.6) is 5.75 Å². The summed E-state index contributed by atoms with van der Waals surface area (Å²) < 4.78 is 39.9. The van der Waals surface area contributed by atoms with Crippen molar-refractivity contribution in [2.75, 3.05) is 20.8 Å². The molecule has 1 atom stereocenters. The summed E-state index contributed by atoms with van der Waals surface area (Å²) in [7, 11) is 2.81. The number of esters is 1. The Bertz CT molecular complexity index is 1290. The number of oxazole rings is 1. The number of benzene rings is 2. The molecule has 0 bridgehead atoms. The predicted molar refractivity (Wildman–Crippen MR) is 124 cm³/mol. The molecular weight excluding hydrogens is 426 g/mol. The Morgan fingerprint density at radius 3 is 2.75 bits per heavy atom. The number of methoxy groups -OCH3 is 2. The summed E-state index contributed by atoms with van der Waals surface area (Å²) in [5, 5.41) is 2.78. The van der Waals surface area contributed by atoms with Gasteiger partial charge < -0.3 is 18.6 Å². The zero-order valence-electron chi connectivity index (χ0n) is 20.1. The molecule has 0 fully saturated rings. The lowest BCUT2D eigenvalue weighted by atomic mass is 10.1. The van der Waals surface area contributed by atoms with Crippen LogP contribution >= 0.6 is 11.3 Å². The Kier molecular flexibility index (Phi) is 6.08. The molecule has 0 N–H and O–H groups in total. The number of hydrogen-bond donors (Lipinski definition) is 0. The highest BCUT2D eigenvalue weighted by molar-refractivity contribution is 7.17. The van der Waals surface area contributed by atoms with Crippen LogP contribution in [-0.2, 0) is 27.1 Å². The quantitative estimate of drug-likeness (QED) is 0.324. The van der Waals surface area contributed by atoms with Crippen LogP contribution in [0.4, 0.5) is 0 Å². The third kappa shape index (κ3) is 4.69. The van der Waals surface area contributed by atoms with Crippen molar-refractivity contribution >= 4 is 27.4 Å². The molecule has 4 aromatic rings. The first-order chi connectivity index (χ1) is 16.3. The van der Waals surface area contributed by atoms with Crippen LogP contribution < -0.4 is 4.74 Å². The summed E-state index contributed by atoms with van der Waals surface area (Å²) in [5.41, 5.74) is 1.92. The number of aryl methyl sites for hydroxylation is 1. The SMILES string of the molecule is [2H]C([2H])(COc1ccc(CC(OC)C(=O)OC)c2sccc12)c1nc(-c2ccccc2)oc1C. The molecule has 4 rings (SSSR count). The summed E-state index contributed by atoms with van der Waals surface area (Å²) in [6.07, 6.45) is -2.21. The van der Waals surface area contributed by atoms with E-state index in [1.165, 1.54) is 25.6 Å². The number of thiophene rings is 1. The van der Waals surface area contributed by atoms with E-state index >= 15 is 0 Å². The van der Waals surface area contributed by atoms with Crippen molar-refractivity contribution in [3.05, 3.63) is 70.9 Å². The minimum atomic E-state index is -1.87. The van der Waals surface area contributed by atoms with Crippen molar-refractivity contribution in [1.82, 2.24) is 4.98 Å². The van der Waals surface area contributed by atoms with E-state index in [0.717, 1.165) is 21.2 Å². The molecule has 2 aromatic heterocycles. The Hall–Kier alpha value is -3.16. The van der Waals surface area contributed by atoms with Gasteiger partial charge in [0.25, 0.3) is 0 Å². The van der Waals surface area contributed by atoms with Gasteiger partial charge in [0.15, 0.2) is 6.10 Å². The Labute approximate surface area is 193 Å². The molecule has 1 unspecified atom stereocenters. The van der Waals surface area contributed by atoms with Gasteiger partial charge in [0, 0.05) is 38.3 Å². The molecule has 166 valence electrons. The van der Waals surface area contributed by atoms with Gasteiger partial charge in [0.2, 0.25) is 5.89 Å². The van der Waals surface area contributed by atoms with E-state index in [0.29, 0.717) is 23.8 Å². The van der Waals surface area contributed by atoms with E-state index in [-0.39, 0.29) is 12.3 Å². The van der Waals surface area contributed by atoms with E-state index in [1.54, 1.807) is 13.0 Å². The largest absolute Gasteiger partial charge is 0.493 e. The second kappa shape index (κ2) is 9.97. The molecule has 32 heavy (non-hydrogen) atoms. The summed E-state index contributed by atoms with van der Waals surface area (Å²) in [4.78, 5) is 16.4. The highest BCUT2D eigenvalue weighted by Crippen LogP contribution is 2.34. The number of hydrogen-bond acceptors (Lipinski definition) is 7. The molecular formula is C25H25NO5S. The van der Waals surface area contributed by atoms with Crippen LogP contribution in [-0.4, -0.2) is 37.9 Å². The number of fused-ring (bicyclic) bond motifs is 1. The molecule has 0 spiro atoms. The van der Waals surface area contributed by atoms with Crippen LogP contribution in [0.25, 0.3) is 21.5 Å². The van der Waals surface area contributed by atoms with Crippen LogP contribution in [0.2, 0.25) is 0 Å². The van der Waals surface area contributed by atoms with Gasteiger partial charge >= 0.3 is 5.97 Å². The fourth-order valence-corrected chi connectivity index (χ4v) is 4.36. The number of rotatable bonds is 9. The Morgan fingerprint density at radius 1 is 1.19 bits per heavy atom. The van der Waals surface area contributed by atoms with Crippen LogP contribution in [0.15, 0.2) is 58.3 Å². The van der Waals surface area contributed by atoms with Gasteiger partial charge in [-0.3, -0.25) is 0 Å². The van der Waals surface area contributed by atoms with Crippen LogP contribution in [0.3, 0.4) is 0 Å². The molecule has 0 aliphatic heterocycles. The number of ether oxygens (including phenoxy) is 3. The second-order valence-electron chi connectivity index (χ2n) is 7.09. The first-order valence-corrected chi connectivity index (χ1v) is 11.0. The summed E-state index contributed by atoms with van der Waals surface area (Å²) in [6, 6.07) is 15.0. The molecule has 0 amide bonds. The van der Waals surface area contributed by atoms with Crippen molar-refractivity contribution in [3.8, 4) is 17.2 Å². The molecule has 2 aromatic carbocycles. The van der Waals surface area contributed by atoms with E-state index < -0.39 is 18.4 Å². The monoisotopic (exact) mass is 453 g/mol. The highest BCUT2D eigenvalue weighted by atomic mass is 32.1. The van der Waals surface area contributed by atoms with E-state index in [1.807, 2.05) is 47.8 Å². The number of carbonyl (C=O) groups is 1. The third-order valence-electron chi connectivity index (χ3n) is 5.10. The molecule has 0 saturated heterocycles. The topological polar surface area (TPSA) is 70.8 Å². The van der Waals surface area contributed by atoms with Crippen molar-refractivity contribution in [2.45, 2.75) is 25.8 Å². The van der Waals surface area contributed by atoms with Crippen LogP contribution in [0.1, 0.15) is 19.8 Å². The average molecular weight is 454 g/mol. The van der Waals surface area contributed by atoms with E-state index in [2.05, 4.69) is 4.98 Å². The summed E-state index contributed by atoms with van der Waals surface area (Å²) in [6.45, 7) is 1.47.